The second-order valence-corrected chi connectivity index (χ2v) is 6.54. The number of nitrogens with one attached hydrogen (secondary N) is 2. The molecule has 0 radical (unpaired) electrons. The Morgan fingerprint density at radius 2 is 1.82 bits per heavy atom. The topological polar surface area (TPSA) is 92.7 Å². The van der Waals surface area contributed by atoms with Crippen LogP contribution in [0.1, 0.15) is 11.3 Å². The minimum Gasteiger partial charge on any atom is -0.352 e. The van der Waals surface area contributed by atoms with Crippen molar-refractivity contribution in [3.8, 4) is 11.3 Å². The van der Waals surface area contributed by atoms with Crippen LogP contribution >= 0.6 is 0 Å². The number of aryl methyl sites for hydroxylation is 1. The lowest BCUT2D eigenvalue weighted by Gasteiger charge is -2.09. The molecule has 2 heterocycles. The van der Waals surface area contributed by atoms with Crippen LogP contribution in [0.4, 0.5) is 0 Å². The maximum atomic E-state index is 12.4. The van der Waals surface area contributed by atoms with Gasteiger partial charge < -0.3 is 5.32 Å². The molecule has 140 valence electrons. The van der Waals surface area contributed by atoms with E-state index in [0.717, 1.165) is 16.8 Å². The highest BCUT2D eigenvalue weighted by Crippen LogP contribution is 2.17. The van der Waals surface area contributed by atoms with E-state index in [1.54, 1.807) is 25.4 Å². The first-order chi connectivity index (χ1) is 13.6. The number of H-pyrrole nitrogens is 1. The Kier molecular flexibility index (Phi) is 4.72. The number of fused-ring (bicyclic) bond motifs is 1. The molecule has 7 nitrogen and oxygen atoms in total. The minimum absolute atomic E-state index is 0.112. The molecule has 2 aromatic carbocycles. The quantitative estimate of drug-likeness (QED) is 0.561. The molecule has 0 bridgehead atoms. The molecule has 7 heteroatoms. The summed E-state index contributed by atoms with van der Waals surface area (Å²) in [5.74, 6) is -0.144. The summed E-state index contributed by atoms with van der Waals surface area (Å²) in [6.45, 7) is 0.422. The standard InChI is InChI=1S/C21H19N5O2/c1-26-21(28)17-5-3-2-4-16(17)19(25-26)12-20(27)22-13-14-6-8-15(9-7-14)18-10-11-23-24-18/h2-11H,12-13H2,1H3,(H,22,27)(H,23,24). The van der Waals surface area contributed by atoms with Gasteiger partial charge in [0.05, 0.1) is 23.2 Å². The van der Waals surface area contributed by atoms with Gasteiger partial charge in [-0.15, -0.1) is 0 Å². The number of aromatic nitrogens is 4. The van der Waals surface area contributed by atoms with Crippen LogP contribution in [0.5, 0.6) is 0 Å². The van der Waals surface area contributed by atoms with Gasteiger partial charge in [0, 0.05) is 25.2 Å². The van der Waals surface area contributed by atoms with Crippen molar-refractivity contribution in [2.24, 2.45) is 7.05 Å². The molecule has 0 unspecified atom stereocenters. The monoisotopic (exact) mass is 373 g/mol. The molecule has 28 heavy (non-hydrogen) atoms. The first kappa shape index (κ1) is 17.7. The Hall–Kier alpha value is -3.74. The van der Waals surface area contributed by atoms with Crippen molar-refractivity contribution in [3.05, 3.63) is 82.4 Å². The molecule has 0 aliphatic rings. The number of amides is 1. The van der Waals surface area contributed by atoms with Gasteiger partial charge in [0.2, 0.25) is 5.91 Å². The average molecular weight is 373 g/mol. The predicted octanol–water partition coefficient (Wildman–Crippen LogP) is 2.18. The first-order valence-corrected chi connectivity index (χ1v) is 8.92. The average Bonchev–Trinajstić information content (AvgIpc) is 3.26. The van der Waals surface area contributed by atoms with Gasteiger partial charge >= 0.3 is 0 Å². The summed E-state index contributed by atoms with van der Waals surface area (Å²) in [6, 6.07) is 17.0. The zero-order chi connectivity index (χ0) is 19.5. The number of nitrogens with zero attached hydrogens (tertiary/aromatic N) is 3. The number of hydrogen-bond donors (Lipinski definition) is 2. The van der Waals surface area contributed by atoms with Gasteiger partial charge in [0.1, 0.15) is 0 Å². The summed E-state index contributed by atoms with van der Waals surface area (Å²) < 4.78 is 1.28. The van der Waals surface area contributed by atoms with E-state index in [1.807, 2.05) is 42.5 Å². The highest BCUT2D eigenvalue weighted by molar-refractivity contribution is 5.88. The molecule has 0 atom stereocenters. The van der Waals surface area contributed by atoms with Crippen molar-refractivity contribution in [2.45, 2.75) is 13.0 Å². The van der Waals surface area contributed by atoms with Crippen molar-refractivity contribution in [2.75, 3.05) is 0 Å². The van der Waals surface area contributed by atoms with Gasteiger partial charge in [-0.3, -0.25) is 14.7 Å². The Morgan fingerprint density at radius 3 is 2.54 bits per heavy atom. The first-order valence-electron chi connectivity index (χ1n) is 8.92. The molecule has 0 spiro atoms. The summed E-state index contributed by atoms with van der Waals surface area (Å²) >= 11 is 0. The van der Waals surface area contributed by atoms with Crippen LogP contribution in [-0.4, -0.2) is 25.9 Å². The lowest BCUT2D eigenvalue weighted by Crippen LogP contribution is -2.27. The maximum Gasteiger partial charge on any atom is 0.274 e. The van der Waals surface area contributed by atoms with Crippen molar-refractivity contribution in [3.63, 3.8) is 0 Å². The summed E-state index contributed by atoms with van der Waals surface area (Å²) in [7, 11) is 1.59. The summed E-state index contributed by atoms with van der Waals surface area (Å²) in [6.07, 6.45) is 1.82. The SMILES string of the molecule is Cn1nc(CC(=O)NCc2ccc(-c3ccn[nH]3)cc2)c2ccccc2c1=O. The Labute approximate surface area is 161 Å². The van der Waals surface area contributed by atoms with Gasteiger partial charge in [-0.05, 0) is 23.3 Å². The number of hydrogen-bond acceptors (Lipinski definition) is 4. The largest absolute Gasteiger partial charge is 0.352 e. The summed E-state index contributed by atoms with van der Waals surface area (Å²) in [5.41, 5.74) is 3.40. The fraction of sp³-hybridized carbons (Fsp3) is 0.143. The van der Waals surface area contributed by atoms with E-state index in [2.05, 4.69) is 20.6 Å². The lowest BCUT2D eigenvalue weighted by atomic mass is 10.1. The normalized spacial score (nSPS) is 10.9. The third kappa shape index (κ3) is 3.55. The number of rotatable bonds is 5. The van der Waals surface area contributed by atoms with Crippen molar-refractivity contribution < 1.29 is 4.79 Å². The fourth-order valence-corrected chi connectivity index (χ4v) is 3.14. The highest BCUT2D eigenvalue weighted by atomic mass is 16.1. The van der Waals surface area contributed by atoms with Crippen LogP contribution in [0, 0.1) is 0 Å². The minimum atomic E-state index is -0.169. The maximum absolute atomic E-state index is 12.4. The third-order valence-corrected chi connectivity index (χ3v) is 4.62. The van der Waals surface area contributed by atoms with Gasteiger partial charge in [-0.2, -0.15) is 10.2 Å². The van der Waals surface area contributed by atoms with Crippen molar-refractivity contribution >= 4 is 16.7 Å². The smallest absolute Gasteiger partial charge is 0.274 e. The van der Waals surface area contributed by atoms with E-state index < -0.39 is 0 Å². The van der Waals surface area contributed by atoms with Gasteiger partial charge in [0.15, 0.2) is 0 Å². The number of aromatic amines is 1. The third-order valence-electron chi connectivity index (χ3n) is 4.62. The summed E-state index contributed by atoms with van der Waals surface area (Å²) in [4.78, 5) is 24.6. The van der Waals surface area contributed by atoms with Gasteiger partial charge in [0.25, 0.3) is 5.56 Å². The lowest BCUT2D eigenvalue weighted by molar-refractivity contribution is -0.120. The number of benzene rings is 2. The molecule has 0 aliphatic carbocycles. The second kappa shape index (κ2) is 7.48. The zero-order valence-electron chi connectivity index (χ0n) is 15.3. The molecule has 0 aliphatic heterocycles. The highest BCUT2D eigenvalue weighted by Gasteiger charge is 2.12. The molecule has 4 aromatic rings. The molecule has 0 fully saturated rings. The number of carbonyl (C=O) groups is 1. The van der Waals surface area contributed by atoms with E-state index in [0.29, 0.717) is 23.0 Å². The molecule has 2 aromatic heterocycles. The molecule has 0 saturated heterocycles. The van der Waals surface area contributed by atoms with Crippen molar-refractivity contribution in [1.29, 1.82) is 0 Å². The Bertz CT molecular complexity index is 1180. The van der Waals surface area contributed by atoms with Crippen LogP contribution in [0.2, 0.25) is 0 Å². The second-order valence-electron chi connectivity index (χ2n) is 6.54. The predicted molar refractivity (Wildman–Crippen MR) is 107 cm³/mol. The van der Waals surface area contributed by atoms with E-state index in [9.17, 15) is 9.59 Å². The molecule has 0 saturated carbocycles. The molecular weight excluding hydrogens is 354 g/mol. The van der Waals surface area contributed by atoms with E-state index in [-0.39, 0.29) is 17.9 Å². The summed E-state index contributed by atoms with van der Waals surface area (Å²) in [5, 5.41) is 15.3. The van der Waals surface area contributed by atoms with Crippen LogP contribution < -0.4 is 10.9 Å². The Morgan fingerprint density at radius 1 is 1.07 bits per heavy atom. The Balaban J connectivity index is 1.45. The fourth-order valence-electron chi connectivity index (χ4n) is 3.14. The number of carbonyl (C=O) groups excluding carboxylic acids is 1. The molecule has 1 amide bonds. The van der Waals surface area contributed by atoms with E-state index in [4.69, 9.17) is 0 Å². The van der Waals surface area contributed by atoms with Crippen molar-refractivity contribution in [1.82, 2.24) is 25.3 Å². The van der Waals surface area contributed by atoms with Crippen LogP contribution in [-0.2, 0) is 24.8 Å². The van der Waals surface area contributed by atoms with E-state index in [1.165, 1.54) is 4.68 Å². The van der Waals surface area contributed by atoms with Crippen LogP contribution in [0.25, 0.3) is 22.0 Å². The van der Waals surface area contributed by atoms with Gasteiger partial charge in [-0.25, -0.2) is 4.68 Å². The molecule has 4 rings (SSSR count). The van der Waals surface area contributed by atoms with Gasteiger partial charge in [-0.1, -0.05) is 42.5 Å². The molecule has 2 N–H and O–H groups in total. The zero-order valence-corrected chi connectivity index (χ0v) is 15.3. The van der Waals surface area contributed by atoms with E-state index >= 15 is 0 Å². The van der Waals surface area contributed by atoms with Crippen LogP contribution in [0.3, 0.4) is 0 Å². The molecular formula is C21H19N5O2. The van der Waals surface area contributed by atoms with Crippen LogP contribution in [0.15, 0.2) is 65.6 Å².